The maximum absolute atomic E-state index is 13.6. The standard InChI is InChI=1S/C11H13ClFN/c1-14-11(7-2-3-7)9-5-4-8(12)6-10(9)13/h4-7,11,14H,2-3H2,1H3. The molecular formula is C11H13ClFN. The summed E-state index contributed by atoms with van der Waals surface area (Å²) in [6.45, 7) is 0. The largest absolute Gasteiger partial charge is 0.313 e. The van der Waals surface area contributed by atoms with Crippen molar-refractivity contribution in [2.24, 2.45) is 5.92 Å². The van der Waals surface area contributed by atoms with E-state index >= 15 is 0 Å². The summed E-state index contributed by atoms with van der Waals surface area (Å²) in [7, 11) is 1.87. The van der Waals surface area contributed by atoms with E-state index in [0.717, 1.165) is 5.56 Å². The smallest absolute Gasteiger partial charge is 0.129 e. The van der Waals surface area contributed by atoms with Gasteiger partial charge in [0.2, 0.25) is 0 Å². The summed E-state index contributed by atoms with van der Waals surface area (Å²) in [6.07, 6.45) is 2.38. The summed E-state index contributed by atoms with van der Waals surface area (Å²) in [6, 6.07) is 5.04. The van der Waals surface area contributed by atoms with Crippen LogP contribution in [-0.4, -0.2) is 7.05 Å². The average Bonchev–Trinajstić information content (AvgIpc) is 2.93. The van der Waals surface area contributed by atoms with Gasteiger partial charge in [-0.05, 0) is 37.9 Å². The number of benzene rings is 1. The Bertz CT molecular complexity index is 336. The third-order valence-corrected chi connectivity index (χ3v) is 2.94. The highest BCUT2D eigenvalue weighted by atomic mass is 35.5. The molecule has 2 rings (SSSR count). The topological polar surface area (TPSA) is 12.0 Å². The number of halogens is 2. The predicted octanol–water partition coefficient (Wildman–Crippen LogP) is 3.15. The minimum Gasteiger partial charge on any atom is -0.313 e. The van der Waals surface area contributed by atoms with E-state index in [4.69, 9.17) is 11.6 Å². The molecule has 1 nitrogen and oxygen atoms in total. The van der Waals surface area contributed by atoms with Crippen LogP contribution in [0.15, 0.2) is 18.2 Å². The summed E-state index contributed by atoms with van der Waals surface area (Å²) >= 11 is 5.70. The average molecular weight is 214 g/mol. The van der Waals surface area contributed by atoms with E-state index in [2.05, 4.69) is 5.32 Å². The van der Waals surface area contributed by atoms with Gasteiger partial charge in [0.25, 0.3) is 0 Å². The molecule has 1 fully saturated rings. The van der Waals surface area contributed by atoms with Crippen LogP contribution in [0.4, 0.5) is 4.39 Å². The van der Waals surface area contributed by atoms with Gasteiger partial charge in [-0.15, -0.1) is 0 Å². The zero-order chi connectivity index (χ0) is 10.1. The van der Waals surface area contributed by atoms with Crippen molar-refractivity contribution in [2.75, 3.05) is 7.05 Å². The molecule has 0 heterocycles. The quantitative estimate of drug-likeness (QED) is 0.814. The molecule has 1 aromatic rings. The molecule has 1 unspecified atom stereocenters. The van der Waals surface area contributed by atoms with Gasteiger partial charge in [0.15, 0.2) is 0 Å². The second-order valence-corrected chi connectivity index (χ2v) is 4.21. The summed E-state index contributed by atoms with van der Waals surface area (Å²) in [5.74, 6) is 0.388. The first-order valence-corrected chi connectivity index (χ1v) is 5.22. The van der Waals surface area contributed by atoms with E-state index < -0.39 is 0 Å². The maximum atomic E-state index is 13.6. The lowest BCUT2D eigenvalue weighted by molar-refractivity contribution is 0.493. The molecule has 1 N–H and O–H groups in total. The molecule has 0 bridgehead atoms. The van der Waals surface area contributed by atoms with Gasteiger partial charge >= 0.3 is 0 Å². The molecule has 0 aromatic heterocycles. The number of hydrogen-bond acceptors (Lipinski definition) is 1. The maximum Gasteiger partial charge on any atom is 0.129 e. The highest BCUT2D eigenvalue weighted by molar-refractivity contribution is 6.30. The first kappa shape index (κ1) is 9.94. The lowest BCUT2D eigenvalue weighted by Crippen LogP contribution is -2.19. The fourth-order valence-electron chi connectivity index (χ4n) is 1.83. The zero-order valence-electron chi connectivity index (χ0n) is 8.06. The van der Waals surface area contributed by atoms with Crippen molar-refractivity contribution in [1.82, 2.24) is 5.32 Å². The van der Waals surface area contributed by atoms with Gasteiger partial charge in [0.05, 0.1) is 0 Å². The second kappa shape index (κ2) is 3.87. The summed E-state index contributed by atoms with van der Waals surface area (Å²) in [4.78, 5) is 0. The van der Waals surface area contributed by atoms with Crippen molar-refractivity contribution in [3.05, 3.63) is 34.6 Å². The lowest BCUT2D eigenvalue weighted by atomic mass is 10.0. The van der Waals surface area contributed by atoms with Gasteiger partial charge in [0.1, 0.15) is 5.82 Å². The van der Waals surface area contributed by atoms with Crippen LogP contribution in [0.3, 0.4) is 0 Å². The molecule has 14 heavy (non-hydrogen) atoms. The third-order valence-electron chi connectivity index (χ3n) is 2.70. The summed E-state index contributed by atoms with van der Waals surface area (Å²) in [5, 5.41) is 3.61. The van der Waals surface area contributed by atoms with Crippen LogP contribution < -0.4 is 5.32 Å². The van der Waals surface area contributed by atoms with Crippen LogP contribution >= 0.6 is 11.6 Å². The van der Waals surface area contributed by atoms with Crippen molar-refractivity contribution in [2.45, 2.75) is 18.9 Å². The van der Waals surface area contributed by atoms with E-state index in [-0.39, 0.29) is 11.9 Å². The molecule has 0 spiro atoms. The van der Waals surface area contributed by atoms with Gasteiger partial charge < -0.3 is 5.32 Å². The Morgan fingerprint density at radius 3 is 2.71 bits per heavy atom. The zero-order valence-corrected chi connectivity index (χ0v) is 8.81. The Morgan fingerprint density at radius 1 is 1.50 bits per heavy atom. The molecule has 1 atom stereocenters. The molecule has 76 valence electrons. The molecule has 0 radical (unpaired) electrons. The van der Waals surface area contributed by atoms with Crippen LogP contribution in [-0.2, 0) is 0 Å². The Hall–Kier alpha value is -0.600. The lowest BCUT2D eigenvalue weighted by Gasteiger charge is -2.16. The van der Waals surface area contributed by atoms with Gasteiger partial charge in [-0.25, -0.2) is 4.39 Å². The highest BCUT2D eigenvalue weighted by Gasteiger charge is 2.32. The van der Waals surface area contributed by atoms with Gasteiger partial charge in [-0.2, -0.15) is 0 Å². The van der Waals surface area contributed by atoms with Crippen LogP contribution in [0.5, 0.6) is 0 Å². The monoisotopic (exact) mass is 213 g/mol. The van der Waals surface area contributed by atoms with Gasteiger partial charge in [-0.3, -0.25) is 0 Å². The van der Waals surface area contributed by atoms with Gasteiger partial charge in [-0.1, -0.05) is 17.7 Å². The van der Waals surface area contributed by atoms with Crippen LogP contribution in [0.2, 0.25) is 5.02 Å². The normalized spacial score (nSPS) is 18.2. The molecule has 1 aliphatic rings. The number of nitrogens with one attached hydrogen (secondary N) is 1. The van der Waals surface area contributed by atoms with E-state index in [1.165, 1.54) is 18.9 Å². The van der Waals surface area contributed by atoms with Gasteiger partial charge in [0, 0.05) is 16.6 Å². The minimum absolute atomic E-state index is 0.146. The second-order valence-electron chi connectivity index (χ2n) is 3.77. The van der Waals surface area contributed by atoms with Crippen molar-refractivity contribution >= 4 is 11.6 Å². The van der Waals surface area contributed by atoms with E-state index in [1.807, 2.05) is 7.05 Å². The number of hydrogen-bond donors (Lipinski definition) is 1. The van der Waals surface area contributed by atoms with Crippen LogP contribution in [0.1, 0.15) is 24.4 Å². The Balaban J connectivity index is 2.29. The molecule has 0 amide bonds. The van der Waals surface area contributed by atoms with Crippen molar-refractivity contribution in [3.8, 4) is 0 Å². The van der Waals surface area contributed by atoms with Crippen molar-refractivity contribution in [3.63, 3.8) is 0 Å². The van der Waals surface area contributed by atoms with Crippen molar-refractivity contribution in [1.29, 1.82) is 0 Å². The van der Waals surface area contributed by atoms with Crippen LogP contribution in [0, 0.1) is 11.7 Å². The Morgan fingerprint density at radius 2 is 2.21 bits per heavy atom. The van der Waals surface area contributed by atoms with Crippen molar-refractivity contribution < 1.29 is 4.39 Å². The minimum atomic E-state index is -0.205. The third kappa shape index (κ3) is 1.91. The SMILES string of the molecule is CNC(c1ccc(Cl)cc1F)C1CC1. The first-order valence-electron chi connectivity index (χ1n) is 4.84. The van der Waals surface area contributed by atoms with E-state index in [9.17, 15) is 4.39 Å². The molecule has 1 aromatic carbocycles. The predicted molar refractivity (Wildman–Crippen MR) is 55.9 cm³/mol. The molecule has 0 aliphatic heterocycles. The van der Waals surface area contributed by atoms with E-state index in [0.29, 0.717) is 10.9 Å². The molecule has 3 heteroatoms. The molecule has 1 saturated carbocycles. The highest BCUT2D eigenvalue weighted by Crippen LogP contribution is 2.41. The van der Waals surface area contributed by atoms with E-state index in [1.54, 1.807) is 12.1 Å². The fraction of sp³-hybridized carbons (Fsp3) is 0.455. The Kier molecular flexibility index (Phi) is 2.75. The first-order chi connectivity index (χ1) is 6.72. The Labute approximate surface area is 88.3 Å². The van der Waals surface area contributed by atoms with Crippen LogP contribution in [0.25, 0.3) is 0 Å². The fourth-order valence-corrected chi connectivity index (χ4v) is 1.99. The molecule has 1 aliphatic carbocycles. The number of rotatable bonds is 3. The molecular weight excluding hydrogens is 201 g/mol. The summed E-state index contributed by atoms with van der Waals surface area (Å²) < 4.78 is 13.6. The summed E-state index contributed by atoms with van der Waals surface area (Å²) in [5.41, 5.74) is 0.736. The molecule has 0 saturated heterocycles.